The summed E-state index contributed by atoms with van der Waals surface area (Å²) in [5.74, 6) is -0.669. The minimum absolute atomic E-state index is 0.110. The van der Waals surface area contributed by atoms with E-state index in [4.69, 9.17) is 17.0 Å². The minimum Gasteiger partial charge on any atom is -0.445 e. The fourth-order valence-corrected chi connectivity index (χ4v) is 4.71. The van der Waals surface area contributed by atoms with E-state index >= 15 is 0 Å². The van der Waals surface area contributed by atoms with Gasteiger partial charge < -0.3 is 10.1 Å². The Bertz CT molecular complexity index is 904. The topological polar surface area (TPSA) is 58.6 Å². The number of benzene rings is 2. The van der Waals surface area contributed by atoms with E-state index in [9.17, 15) is 14.0 Å². The Labute approximate surface area is 178 Å². The van der Waals surface area contributed by atoms with Gasteiger partial charge >= 0.3 is 6.09 Å². The molecule has 1 fully saturated rings. The predicted octanol–water partition coefficient (Wildman–Crippen LogP) is 4.26. The molecule has 3 rings (SSSR count). The molecule has 1 saturated heterocycles. The van der Waals surface area contributed by atoms with Gasteiger partial charge in [-0.2, -0.15) is 0 Å². The normalized spacial score (nSPS) is 18.4. The van der Waals surface area contributed by atoms with E-state index in [1.165, 1.54) is 28.8 Å². The van der Waals surface area contributed by atoms with E-state index in [1.54, 1.807) is 12.1 Å². The third kappa shape index (κ3) is 5.33. The van der Waals surface area contributed by atoms with Gasteiger partial charge in [-0.25, -0.2) is 9.18 Å². The zero-order chi connectivity index (χ0) is 21.0. The summed E-state index contributed by atoms with van der Waals surface area (Å²) >= 11 is 6.74. The first kappa shape index (κ1) is 21.3. The number of thiocarbonyl (C=S) groups is 1. The molecule has 1 atom stereocenters. The standard InChI is InChI=1S/C21H21FN2O3S2/c1-21(2)17(23-19(26)27-13-15-6-4-3-5-7-15)18(25)24(20(28)29-21)12-14-8-10-16(22)11-9-14/h3-11,17H,12-13H2,1-2H3,(H,23,26). The molecular formula is C21H21FN2O3S2. The Morgan fingerprint density at radius 3 is 2.48 bits per heavy atom. The number of carbonyl (C=O) groups excluding carboxylic acids is 2. The highest BCUT2D eigenvalue weighted by Gasteiger charge is 2.46. The second kappa shape index (κ2) is 8.92. The Morgan fingerprint density at radius 2 is 1.83 bits per heavy atom. The SMILES string of the molecule is CC1(C)SC(=S)N(Cc2ccc(F)cc2)C(=O)C1NC(=O)OCc1ccccc1. The van der Waals surface area contributed by atoms with Crippen LogP contribution in [0.5, 0.6) is 0 Å². The van der Waals surface area contributed by atoms with Crippen molar-refractivity contribution in [3.63, 3.8) is 0 Å². The molecule has 0 radical (unpaired) electrons. The van der Waals surface area contributed by atoms with Crippen LogP contribution >= 0.6 is 24.0 Å². The average molecular weight is 433 g/mol. The van der Waals surface area contributed by atoms with Gasteiger partial charge in [0.25, 0.3) is 5.91 Å². The van der Waals surface area contributed by atoms with Gasteiger partial charge in [0.2, 0.25) is 0 Å². The quantitative estimate of drug-likeness (QED) is 0.716. The summed E-state index contributed by atoms with van der Waals surface area (Å²) in [6.45, 7) is 4.01. The number of hydrogen-bond donors (Lipinski definition) is 1. The van der Waals surface area contributed by atoms with Crippen LogP contribution in [0.4, 0.5) is 9.18 Å². The lowest BCUT2D eigenvalue weighted by atomic mass is 10.0. The van der Waals surface area contributed by atoms with Gasteiger partial charge in [0.15, 0.2) is 0 Å². The highest BCUT2D eigenvalue weighted by atomic mass is 32.2. The molecule has 1 aliphatic heterocycles. The molecule has 8 heteroatoms. The van der Waals surface area contributed by atoms with E-state index in [0.717, 1.165) is 11.1 Å². The van der Waals surface area contributed by atoms with E-state index in [-0.39, 0.29) is 24.9 Å². The van der Waals surface area contributed by atoms with Gasteiger partial charge in [-0.15, -0.1) is 0 Å². The first-order valence-corrected chi connectivity index (χ1v) is 10.2. The minimum atomic E-state index is -0.817. The number of hydrogen-bond acceptors (Lipinski definition) is 5. The molecule has 0 aromatic heterocycles. The second-order valence-corrected chi connectivity index (χ2v) is 9.45. The van der Waals surface area contributed by atoms with Crippen molar-refractivity contribution in [2.45, 2.75) is 37.8 Å². The Kier molecular flexibility index (Phi) is 6.54. The third-order valence-electron chi connectivity index (χ3n) is 4.51. The molecule has 5 nitrogen and oxygen atoms in total. The maximum absolute atomic E-state index is 13.1. The number of carbonyl (C=O) groups is 2. The predicted molar refractivity (Wildman–Crippen MR) is 115 cm³/mol. The molecule has 2 aromatic carbocycles. The lowest BCUT2D eigenvalue weighted by Crippen LogP contribution is -2.62. The number of alkyl carbamates (subject to hydrolysis) is 1. The number of ether oxygens (including phenoxy) is 1. The zero-order valence-corrected chi connectivity index (χ0v) is 17.7. The molecular weight excluding hydrogens is 411 g/mol. The molecule has 0 aliphatic carbocycles. The molecule has 1 heterocycles. The summed E-state index contributed by atoms with van der Waals surface area (Å²) in [7, 11) is 0. The number of amides is 2. The molecule has 152 valence electrons. The lowest BCUT2D eigenvalue weighted by Gasteiger charge is -2.42. The van der Waals surface area contributed by atoms with Gasteiger partial charge in [-0.3, -0.25) is 9.69 Å². The largest absolute Gasteiger partial charge is 0.445 e. The van der Waals surface area contributed by atoms with Crippen LogP contribution in [-0.4, -0.2) is 32.0 Å². The Balaban J connectivity index is 1.68. The highest BCUT2D eigenvalue weighted by molar-refractivity contribution is 8.24. The first-order valence-electron chi connectivity index (χ1n) is 9.02. The van der Waals surface area contributed by atoms with Crippen molar-refractivity contribution in [2.75, 3.05) is 0 Å². The van der Waals surface area contributed by atoms with Crippen molar-refractivity contribution < 1.29 is 18.7 Å². The molecule has 1 aliphatic rings. The van der Waals surface area contributed by atoms with Crippen molar-refractivity contribution in [3.05, 3.63) is 71.5 Å². The number of thioether (sulfide) groups is 1. The van der Waals surface area contributed by atoms with Crippen LogP contribution in [0.25, 0.3) is 0 Å². The summed E-state index contributed by atoms with van der Waals surface area (Å²) in [4.78, 5) is 26.9. The van der Waals surface area contributed by atoms with Crippen LogP contribution in [0.2, 0.25) is 0 Å². The van der Waals surface area contributed by atoms with Gasteiger partial charge in [0.05, 0.1) is 6.54 Å². The van der Waals surface area contributed by atoms with Gasteiger partial charge in [0, 0.05) is 4.75 Å². The molecule has 2 amide bonds. The number of nitrogens with zero attached hydrogens (tertiary/aromatic N) is 1. The second-order valence-electron chi connectivity index (χ2n) is 7.16. The monoisotopic (exact) mass is 432 g/mol. The molecule has 0 spiro atoms. The molecule has 29 heavy (non-hydrogen) atoms. The van der Waals surface area contributed by atoms with Gasteiger partial charge in [-0.05, 0) is 37.1 Å². The van der Waals surface area contributed by atoms with Crippen LogP contribution < -0.4 is 5.32 Å². The van der Waals surface area contributed by atoms with E-state index in [0.29, 0.717) is 4.32 Å². The van der Waals surface area contributed by atoms with Crippen LogP contribution in [-0.2, 0) is 22.7 Å². The molecule has 0 bridgehead atoms. The summed E-state index contributed by atoms with van der Waals surface area (Å²) < 4.78 is 18.2. The Morgan fingerprint density at radius 1 is 1.17 bits per heavy atom. The van der Waals surface area contributed by atoms with Crippen molar-refractivity contribution in [1.29, 1.82) is 0 Å². The summed E-state index contributed by atoms with van der Waals surface area (Å²) in [5.41, 5.74) is 1.60. The Hall–Kier alpha value is -2.45. The number of rotatable bonds is 5. The van der Waals surface area contributed by atoms with Gasteiger partial charge in [-0.1, -0.05) is 66.4 Å². The average Bonchev–Trinajstić information content (AvgIpc) is 2.69. The summed E-state index contributed by atoms with van der Waals surface area (Å²) in [6, 6.07) is 14.3. The first-order chi connectivity index (χ1) is 13.8. The summed E-state index contributed by atoms with van der Waals surface area (Å²) in [6.07, 6.45) is -0.671. The van der Waals surface area contributed by atoms with Gasteiger partial charge in [0.1, 0.15) is 22.8 Å². The maximum atomic E-state index is 13.1. The maximum Gasteiger partial charge on any atom is 0.408 e. The van der Waals surface area contributed by atoms with Crippen molar-refractivity contribution in [3.8, 4) is 0 Å². The van der Waals surface area contributed by atoms with E-state index in [2.05, 4.69) is 5.32 Å². The molecule has 0 saturated carbocycles. The fourth-order valence-electron chi connectivity index (χ4n) is 2.92. The third-order valence-corrected chi connectivity index (χ3v) is 6.14. The van der Waals surface area contributed by atoms with Crippen LogP contribution in [0.3, 0.4) is 0 Å². The lowest BCUT2D eigenvalue weighted by molar-refractivity contribution is -0.130. The van der Waals surface area contributed by atoms with Crippen molar-refractivity contribution >= 4 is 40.3 Å². The number of nitrogens with one attached hydrogen (secondary N) is 1. The van der Waals surface area contributed by atoms with E-state index in [1.807, 2.05) is 44.2 Å². The van der Waals surface area contributed by atoms with Crippen molar-refractivity contribution in [1.82, 2.24) is 10.2 Å². The highest BCUT2D eigenvalue weighted by Crippen LogP contribution is 2.37. The molecule has 1 unspecified atom stereocenters. The van der Waals surface area contributed by atoms with Crippen molar-refractivity contribution in [2.24, 2.45) is 0 Å². The smallest absolute Gasteiger partial charge is 0.408 e. The van der Waals surface area contributed by atoms with E-state index < -0.39 is 16.9 Å². The van der Waals surface area contributed by atoms with Crippen LogP contribution in [0.1, 0.15) is 25.0 Å². The summed E-state index contributed by atoms with van der Waals surface area (Å²) in [5, 5.41) is 2.68. The number of halogens is 1. The fraction of sp³-hybridized carbons (Fsp3) is 0.286. The molecule has 1 N–H and O–H groups in total. The zero-order valence-electron chi connectivity index (χ0n) is 16.1. The van der Waals surface area contributed by atoms with Crippen LogP contribution in [0, 0.1) is 5.82 Å². The molecule has 2 aromatic rings. The van der Waals surface area contributed by atoms with Crippen LogP contribution in [0.15, 0.2) is 54.6 Å².